The second kappa shape index (κ2) is 5.28. The summed E-state index contributed by atoms with van der Waals surface area (Å²) < 4.78 is 1.85. The first-order valence-electron chi connectivity index (χ1n) is 6.50. The third-order valence-corrected chi connectivity index (χ3v) is 4.53. The van der Waals surface area contributed by atoms with Crippen LogP contribution in [-0.2, 0) is 24.2 Å². The molecule has 2 N–H and O–H groups in total. The number of nitrogens with zero attached hydrogens (tertiary/aromatic N) is 1. The van der Waals surface area contributed by atoms with Crippen LogP contribution in [0.15, 0.2) is 12.1 Å². The molecule has 1 aromatic heterocycles. The van der Waals surface area contributed by atoms with E-state index in [-0.39, 0.29) is 6.54 Å². The molecule has 0 bridgehead atoms. The molecule has 0 amide bonds. The summed E-state index contributed by atoms with van der Waals surface area (Å²) in [6.07, 6.45) is 1.63. The number of halogens is 2. The summed E-state index contributed by atoms with van der Waals surface area (Å²) in [5.74, 6) is -0.854. The van der Waals surface area contributed by atoms with Crippen molar-refractivity contribution in [3.05, 3.63) is 33.4 Å². The molecular formula is C14H14Cl2N2O2. The van der Waals surface area contributed by atoms with Gasteiger partial charge in [0.25, 0.3) is 0 Å². The van der Waals surface area contributed by atoms with E-state index in [2.05, 4.69) is 5.32 Å². The normalized spacial score (nSPS) is 15.1. The molecule has 0 unspecified atom stereocenters. The Morgan fingerprint density at radius 1 is 1.30 bits per heavy atom. The minimum atomic E-state index is -0.854. The SMILES string of the molecule is O=C(O)Cn1c2c(c3c(Cl)c(Cl)ccc31)CCNCC2. The minimum Gasteiger partial charge on any atom is -0.480 e. The van der Waals surface area contributed by atoms with Crippen molar-refractivity contribution in [1.29, 1.82) is 0 Å². The zero-order valence-corrected chi connectivity index (χ0v) is 12.3. The maximum absolute atomic E-state index is 11.1. The molecule has 0 atom stereocenters. The van der Waals surface area contributed by atoms with Crippen LogP contribution >= 0.6 is 23.2 Å². The molecule has 3 rings (SSSR count). The number of rotatable bonds is 2. The molecule has 2 heterocycles. The Labute approximate surface area is 126 Å². The first-order valence-corrected chi connectivity index (χ1v) is 7.25. The molecule has 1 aliphatic heterocycles. The van der Waals surface area contributed by atoms with Crippen LogP contribution in [0.3, 0.4) is 0 Å². The van der Waals surface area contributed by atoms with Crippen molar-refractivity contribution in [3.63, 3.8) is 0 Å². The smallest absolute Gasteiger partial charge is 0.323 e. The first-order chi connectivity index (χ1) is 9.59. The molecule has 1 aliphatic rings. The lowest BCUT2D eigenvalue weighted by molar-refractivity contribution is -0.137. The van der Waals surface area contributed by atoms with Crippen molar-refractivity contribution in [1.82, 2.24) is 9.88 Å². The largest absolute Gasteiger partial charge is 0.480 e. The Kier molecular flexibility index (Phi) is 3.63. The summed E-state index contributed by atoms with van der Waals surface area (Å²) in [4.78, 5) is 11.1. The van der Waals surface area contributed by atoms with Gasteiger partial charge in [0.1, 0.15) is 6.54 Å². The topological polar surface area (TPSA) is 54.3 Å². The Balaban J connectivity index is 2.33. The van der Waals surface area contributed by atoms with Gasteiger partial charge in [0.05, 0.1) is 15.6 Å². The van der Waals surface area contributed by atoms with E-state index < -0.39 is 5.97 Å². The zero-order chi connectivity index (χ0) is 14.3. The minimum absolute atomic E-state index is 0.0518. The zero-order valence-electron chi connectivity index (χ0n) is 10.7. The molecule has 0 spiro atoms. The van der Waals surface area contributed by atoms with Gasteiger partial charge in [0, 0.05) is 24.0 Å². The summed E-state index contributed by atoms with van der Waals surface area (Å²) in [6.45, 7) is 1.65. The van der Waals surface area contributed by atoms with Gasteiger partial charge in [-0.1, -0.05) is 23.2 Å². The predicted molar refractivity (Wildman–Crippen MR) is 79.9 cm³/mol. The van der Waals surface area contributed by atoms with Crippen LogP contribution in [-0.4, -0.2) is 28.7 Å². The molecule has 2 aromatic rings. The van der Waals surface area contributed by atoms with Crippen molar-refractivity contribution in [3.8, 4) is 0 Å². The Morgan fingerprint density at radius 2 is 2.05 bits per heavy atom. The molecular weight excluding hydrogens is 299 g/mol. The molecule has 0 saturated carbocycles. The highest BCUT2D eigenvalue weighted by Crippen LogP contribution is 2.37. The third-order valence-electron chi connectivity index (χ3n) is 3.72. The number of hydrogen-bond acceptors (Lipinski definition) is 2. The molecule has 0 radical (unpaired) electrons. The number of fused-ring (bicyclic) bond motifs is 3. The van der Waals surface area contributed by atoms with E-state index >= 15 is 0 Å². The Morgan fingerprint density at radius 3 is 2.80 bits per heavy atom. The van der Waals surface area contributed by atoms with E-state index in [0.29, 0.717) is 10.0 Å². The van der Waals surface area contributed by atoms with Crippen LogP contribution in [0.25, 0.3) is 10.9 Å². The number of aliphatic carboxylic acids is 1. The van der Waals surface area contributed by atoms with Gasteiger partial charge >= 0.3 is 5.97 Å². The van der Waals surface area contributed by atoms with Gasteiger partial charge in [-0.2, -0.15) is 0 Å². The van der Waals surface area contributed by atoms with Gasteiger partial charge in [-0.05, 0) is 30.7 Å². The quantitative estimate of drug-likeness (QED) is 0.896. The van der Waals surface area contributed by atoms with Crippen molar-refractivity contribution in [2.45, 2.75) is 19.4 Å². The molecule has 0 saturated heterocycles. The Bertz CT molecular complexity index is 694. The van der Waals surface area contributed by atoms with Gasteiger partial charge < -0.3 is 15.0 Å². The number of aromatic nitrogens is 1. The number of carboxylic acid groups (broad SMARTS) is 1. The van der Waals surface area contributed by atoms with Gasteiger partial charge in [-0.15, -0.1) is 0 Å². The third kappa shape index (κ3) is 2.18. The van der Waals surface area contributed by atoms with Gasteiger partial charge in [0.2, 0.25) is 0 Å². The van der Waals surface area contributed by atoms with Gasteiger partial charge in [0.15, 0.2) is 0 Å². The fourth-order valence-corrected chi connectivity index (χ4v) is 3.35. The molecule has 20 heavy (non-hydrogen) atoms. The van der Waals surface area contributed by atoms with Crippen molar-refractivity contribution in [2.24, 2.45) is 0 Å². The highest BCUT2D eigenvalue weighted by molar-refractivity contribution is 6.45. The van der Waals surface area contributed by atoms with Crippen LogP contribution in [0.2, 0.25) is 10.0 Å². The van der Waals surface area contributed by atoms with E-state index in [1.807, 2.05) is 10.6 Å². The molecule has 1 aromatic carbocycles. The monoisotopic (exact) mass is 312 g/mol. The van der Waals surface area contributed by atoms with E-state index in [4.69, 9.17) is 28.3 Å². The van der Waals surface area contributed by atoms with Crippen LogP contribution in [0.5, 0.6) is 0 Å². The average Bonchev–Trinajstić information content (AvgIpc) is 2.57. The lowest BCUT2D eigenvalue weighted by Gasteiger charge is -2.08. The lowest BCUT2D eigenvalue weighted by Crippen LogP contribution is -2.18. The summed E-state index contributed by atoms with van der Waals surface area (Å²) in [5, 5.41) is 14.4. The molecule has 106 valence electrons. The maximum atomic E-state index is 11.1. The second-order valence-corrected chi connectivity index (χ2v) is 5.70. The highest BCUT2D eigenvalue weighted by atomic mass is 35.5. The maximum Gasteiger partial charge on any atom is 0.323 e. The molecule has 4 nitrogen and oxygen atoms in total. The second-order valence-electron chi connectivity index (χ2n) is 4.91. The predicted octanol–water partition coefficient (Wildman–Crippen LogP) is 2.72. The van der Waals surface area contributed by atoms with E-state index in [1.165, 1.54) is 0 Å². The van der Waals surface area contributed by atoms with Crippen LogP contribution in [0.1, 0.15) is 11.3 Å². The highest BCUT2D eigenvalue weighted by Gasteiger charge is 2.22. The van der Waals surface area contributed by atoms with Gasteiger partial charge in [-0.3, -0.25) is 4.79 Å². The van der Waals surface area contributed by atoms with Crippen molar-refractivity contribution < 1.29 is 9.90 Å². The summed E-state index contributed by atoms with van der Waals surface area (Å²) in [7, 11) is 0. The van der Waals surface area contributed by atoms with E-state index in [1.54, 1.807) is 6.07 Å². The number of carboxylic acids is 1. The van der Waals surface area contributed by atoms with E-state index in [0.717, 1.165) is 48.1 Å². The van der Waals surface area contributed by atoms with Crippen LogP contribution in [0, 0.1) is 0 Å². The number of hydrogen-bond donors (Lipinski definition) is 2. The number of carbonyl (C=O) groups is 1. The van der Waals surface area contributed by atoms with Crippen LogP contribution < -0.4 is 5.32 Å². The standard InChI is InChI=1S/C14H14Cl2N2O2/c15-9-1-2-11-13(14(9)16)8-3-5-17-6-4-10(8)18(11)7-12(19)20/h1-2,17H,3-7H2,(H,19,20). The molecule has 0 aliphatic carbocycles. The summed E-state index contributed by atoms with van der Waals surface area (Å²) in [5.41, 5.74) is 3.03. The summed E-state index contributed by atoms with van der Waals surface area (Å²) in [6, 6.07) is 3.58. The van der Waals surface area contributed by atoms with Crippen LogP contribution in [0.4, 0.5) is 0 Å². The molecule has 0 fully saturated rings. The average molecular weight is 313 g/mol. The van der Waals surface area contributed by atoms with Gasteiger partial charge in [-0.25, -0.2) is 0 Å². The van der Waals surface area contributed by atoms with Crippen molar-refractivity contribution in [2.75, 3.05) is 13.1 Å². The first kappa shape index (κ1) is 13.7. The molecule has 6 heteroatoms. The van der Waals surface area contributed by atoms with Crippen molar-refractivity contribution >= 4 is 40.1 Å². The lowest BCUT2D eigenvalue weighted by atomic mass is 10.1. The van der Waals surface area contributed by atoms with E-state index in [9.17, 15) is 4.79 Å². The Hall–Kier alpha value is -1.23. The summed E-state index contributed by atoms with van der Waals surface area (Å²) >= 11 is 12.5. The fourth-order valence-electron chi connectivity index (χ4n) is 2.92. The fraction of sp³-hybridized carbons (Fsp3) is 0.357. The number of benzene rings is 1. The number of nitrogens with one attached hydrogen (secondary N) is 1.